The summed E-state index contributed by atoms with van der Waals surface area (Å²) in [5.74, 6) is -0.127. The first-order chi connectivity index (χ1) is 7.50. The monoisotopic (exact) mass is 220 g/mol. The lowest BCUT2D eigenvalue weighted by molar-refractivity contribution is -0.384. The van der Waals surface area contributed by atoms with E-state index in [0.29, 0.717) is 0 Å². The zero-order valence-corrected chi connectivity index (χ0v) is 9.08. The maximum atomic E-state index is 11.2. The van der Waals surface area contributed by atoms with Crippen LogP contribution in [-0.4, -0.2) is 29.8 Å². The van der Waals surface area contributed by atoms with Gasteiger partial charge in [0.25, 0.3) is 5.69 Å². The minimum atomic E-state index is -0.460. The molecule has 1 aromatic carbocycles. The number of rotatable bonds is 3. The number of carbonyl (C=O) groups excluding carboxylic acids is 1. The van der Waals surface area contributed by atoms with E-state index in [0.717, 1.165) is 5.56 Å². The SMILES string of the molecule is CN(C)C(=O)/C=C\c1ccc([N+](=O)[O-])cc1. The number of benzene rings is 1. The van der Waals surface area contributed by atoms with Gasteiger partial charge in [-0.3, -0.25) is 14.9 Å². The van der Waals surface area contributed by atoms with Crippen molar-refractivity contribution in [2.24, 2.45) is 0 Å². The molecule has 16 heavy (non-hydrogen) atoms. The van der Waals surface area contributed by atoms with Gasteiger partial charge in [-0.25, -0.2) is 0 Å². The van der Waals surface area contributed by atoms with Gasteiger partial charge in [-0.2, -0.15) is 0 Å². The van der Waals surface area contributed by atoms with Crippen molar-refractivity contribution >= 4 is 17.7 Å². The molecule has 84 valence electrons. The van der Waals surface area contributed by atoms with Crippen molar-refractivity contribution in [2.45, 2.75) is 0 Å². The summed E-state index contributed by atoms with van der Waals surface area (Å²) >= 11 is 0. The van der Waals surface area contributed by atoms with E-state index in [-0.39, 0.29) is 11.6 Å². The minimum Gasteiger partial charge on any atom is -0.345 e. The summed E-state index contributed by atoms with van der Waals surface area (Å²) < 4.78 is 0. The van der Waals surface area contributed by atoms with E-state index < -0.39 is 4.92 Å². The molecule has 5 nitrogen and oxygen atoms in total. The molecular weight excluding hydrogens is 208 g/mol. The number of non-ortho nitro benzene ring substituents is 1. The molecule has 0 heterocycles. The van der Waals surface area contributed by atoms with Crippen molar-refractivity contribution in [1.29, 1.82) is 0 Å². The highest BCUT2D eigenvalue weighted by molar-refractivity contribution is 5.91. The predicted molar refractivity (Wildman–Crippen MR) is 60.8 cm³/mol. The summed E-state index contributed by atoms with van der Waals surface area (Å²) in [4.78, 5) is 22.6. The first-order valence-corrected chi connectivity index (χ1v) is 4.64. The third-order valence-corrected chi connectivity index (χ3v) is 1.96. The largest absolute Gasteiger partial charge is 0.345 e. The second kappa shape index (κ2) is 5.06. The first-order valence-electron chi connectivity index (χ1n) is 4.64. The van der Waals surface area contributed by atoms with Crippen LogP contribution in [0.15, 0.2) is 30.3 Å². The second-order valence-electron chi connectivity index (χ2n) is 3.41. The quantitative estimate of drug-likeness (QED) is 0.442. The molecular formula is C11H12N2O3. The van der Waals surface area contributed by atoms with E-state index in [9.17, 15) is 14.9 Å². The molecule has 0 aliphatic heterocycles. The van der Waals surface area contributed by atoms with E-state index in [1.807, 2.05) is 0 Å². The number of nitrogens with zero attached hydrogens (tertiary/aromatic N) is 2. The normalized spacial score (nSPS) is 10.4. The molecule has 0 unspecified atom stereocenters. The van der Waals surface area contributed by atoms with Gasteiger partial charge in [0.05, 0.1) is 4.92 Å². The molecule has 0 N–H and O–H groups in total. The Morgan fingerprint density at radius 1 is 1.31 bits per heavy atom. The molecule has 0 aliphatic carbocycles. The van der Waals surface area contributed by atoms with Gasteiger partial charge in [-0.05, 0) is 23.8 Å². The van der Waals surface area contributed by atoms with Crippen LogP contribution in [0.2, 0.25) is 0 Å². The zero-order chi connectivity index (χ0) is 12.1. The van der Waals surface area contributed by atoms with Crippen LogP contribution in [0, 0.1) is 10.1 Å². The first kappa shape index (κ1) is 11.9. The number of hydrogen-bond donors (Lipinski definition) is 0. The smallest absolute Gasteiger partial charge is 0.269 e. The summed E-state index contributed by atoms with van der Waals surface area (Å²) in [5.41, 5.74) is 0.789. The second-order valence-corrected chi connectivity index (χ2v) is 3.41. The van der Waals surface area contributed by atoms with Crippen molar-refractivity contribution in [3.8, 4) is 0 Å². The average molecular weight is 220 g/mol. The van der Waals surface area contributed by atoms with Gasteiger partial charge in [-0.15, -0.1) is 0 Å². The van der Waals surface area contributed by atoms with E-state index in [1.165, 1.54) is 23.1 Å². The van der Waals surface area contributed by atoms with Gasteiger partial charge < -0.3 is 4.90 Å². The van der Waals surface area contributed by atoms with Crippen LogP contribution in [0.3, 0.4) is 0 Å². The van der Waals surface area contributed by atoms with Crippen LogP contribution >= 0.6 is 0 Å². The Balaban J connectivity index is 2.76. The van der Waals surface area contributed by atoms with E-state index in [4.69, 9.17) is 0 Å². The summed E-state index contributed by atoms with van der Waals surface area (Å²) in [6.07, 6.45) is 3.03. The lowest BCUT2D eigenvalue weighted by Crippen LogP contribution is -2.18. The molecule has 0 aromatic heterocycles. The Morgan fingerprint density at radius 3 is 2.31 bits per heavy atom. The summed E-state index contributed by atoms with van der Waals surface area (Å²) in [6.45, 7) is 0. The van der Waals surface area contributed by atoms with Gasteiger partial charge in [0.1, 0.15) is 0 Å². The van der Waals surface area contributed by atoms with Crippen LogP contribution in [0.1, 0.15) is 5.56 Å². The lowest BCUT2D eigenvalue weighted by Gasteiger charge is -2.04. The summed E-state index contributed by atoms with van der Waals surface area (Å²) in [7, 11) is 3.31. The highest BCUT2D eigenvalue weighted by atomic mass is 16.6. The van der Waals surface area contributed by atoms with Gasteiger partial charge in [0.2, 0.25) is 5.91 Å². The maximum Gasteiger partial charge on any atom is 0.269 e. The highest BCUT2D eigenvalue weighted by Gasteiger charge is 2.02. The Kier molecular flexibility index (Phi) is 3.77. The molecule has 1 rings (SSSR count). The molecule has 5 heteroatoms. The van der Waals surface area contributed by atoms with Gasteiger partial charge in [-0.1, -0.05) is 0 Å². The van der Waals surface area contributed by atoms with Crippen LogP contribution in [-0.2, 0) is 4.79 Å². The van der Waals surface area contributed by atoms with Crippen LogP contribution < -0.4 is 0 Å². The molecule has 0 aliphatic rings. The fourth-order valence-corrected chi connectivity index (χ4v) is 1.02. The number of likely N-dealkylation sites (N-methyl/N-ethyl adjacent to an activating group) is 1. The van der Waals surface area contributed by atoms with Crippen molar-refractivity contribution in [2.75, 3.05) is 14.1 Å². The van der Waals surface area contributed by atoms with Gasteiger partial charge in [0, 0.05) is 32.3 Å². The van der Waals surface area contributed by atoms with E-state index in [2.05, 4.69) is 0 Å². The molecule has 0 saturated heterocycles. The minimum absolute atomic E-state index is 0.0380. The van der Waals surface area contributed by atoms with Crippen molar-refractivity contribution in [3.63, 3.8) is 0 Å². The van der Waals surface area contributed by atoms with Crippen molar-refractivity contribution in [3.05, 3.63) is 46.0 Å². The lowest BCUT2D eigenvalue weighted by atomic mass is 10.2. The third kappa shape index (κ3) is 3.20. The molecule has 0 bridgehead atoms. The molecule has 1 amide bonds. The van der Waals surface area contributed by atoms with Crippen molar-refractivity contribution in [1.82, 2.24) is 4.90 Å². The van der Waals surface area contributed by atoms with E-state index in [1.54, 1.807) is 32.3 Å². The Labute approximate surface area is 93.1 Å². The number of nitro groups is 1. The topological polar surface area (TPSA) is 63.5 Å². The molecule has 0 spiro atoms. The van der Waals surface area contributed by atoms with Crippen LogP contribution in [0.4, 0.5) is 5.69 Å². The zero-order valence-electron chi connectivity index (χ0n) is 9.08. The van der Waals surface area contributed by atoms with Gasteiger partial charge >= 0.3 is 0 Å². The Morgan fingerprint density at radius 2 is 1.88 bits per heavy atom. The molecule has 1 aromatic rings. The molecule has 0 atom stereocenters. The Bertz CT molecular complexity index is 421. The highest BCUT2D eigenvalue weighted by Crippen LogP contribution is 2.12. The fourth-order valence-electron chi connectivity index (χ4n) is 1.02. The number of amides is 1. The fraction of sp³-hybridized carbons (Fsp3) is 0.182. The molecule has 0 radical (unpaired) electrons. The van der Waals surface area contributed by atoms with Crippen molar-refractivity contribution < 1.29 is 9.72 Å². The average Bonchev–Trinajstić information content (AvgIpc) is 2.26. The maximum absolute atomic E-state index is 11.2. The van der Waals surface area contributed by atoms with Crippen LogP contribution in [0.5, 0.6) is 0 Å². The predicted octanol–water partition coefficient (Wildman–Crippen LogP) is 1.70. The number of carbonyl (C=O) groups is 1. The molecule has 0 fully saturated rings. The van der Waals surface area contributed by atoms with Gasteiger partial charge in [0.15, 0.2) is 0 Å². The number of hydrogen-bond acceptors (Lipinski definition) is 3. The summed E-state index contributed by atoms with van der Waals surface area (Å²) in [5, 5.41) is 10.4. The molecule has 0 saturated carbocycles. The number of nitro benzene ring substituents is 1. The van der Waals surface area contributed by atoms with Crippen LogP contribution in [0.25, 0.3) is 6.08 Å². The third-order valence-electron chi connectivity index (χ3n) is 1.96. The Hall–Kier alpha value is -2.17. The van der Waals surface area contributed by atoms with E-state index >= 15 is 0 Å². The standard InChI is InChI=1S/C11H12N2O3/c1-12(2)11(14)8-5-9-3-6-10(7-4-9)13(15)16/h3-8H,1-2H3/b8-5-. The summed E-state index contributed by atoms with van der Waals surface area (Å²) in [6, 6.07) is 5.99.